The van der Waals surface area contributed by atoms with Crippen LogP contribution in [0.5, 0.6) is 0 Å². The first kappa shape index (κ1) is 15.9. The Morgan fingerprint density at radius 3 is 2.81 bits per heavy atom. The van der Waals surface area contributed by atoms with Crippen molar-refractivity contribution in [3.8, 4) is 0 Å². The van der Waals surface area contributed by atoms with Crippen molar-refractivity contribution in [1.82, 2.24) is 0 Å². The minimum absolute atomic E-state index is 0.114. The minimum atomic E-state index is -0.114. The molecule has 0 aliphatic rings. The molecule has 0 bridgehead atoms. The number of thioether (sulfide) groups is 1. The van der Waals surface area contributed by atoms with Crippen LogP contribution in [0.15, 0.2) is 64.5 Å². The Bertz CT molecular complexity index is 670. The van der Waals surface area contributed by atoms with Gasteiger partial charge in [-0.25, -0.2) is 0 Å². The third-order valence-corrected chi connectivity index (χ3v) is 5.05. The molecule has 0 saturated carbocycles. The maximum absolute atomic E-state index is 12.4. The first-order valence-corrected chi connectivity index (χ1v) is 8.30. The zero-order valence-electron chi connectivity index (χ0n) is 11.7. The van der Waals surface area contributed by atoms with E-state index in [1.165, 1.54) is 0 Å². The molecule has 0 aliphatic heterocycles. The highest BCUT2D eigenvalue weighted by Gasteiger charge is 2.13. The van der Waals surface area contributed by atoms with Gasteiger partial charge in [0.1, 0.15) is 0 Å². The highest BCUT2D eigenvalue weighted by Crippen LogP contribution is 2.28. The largest absolute Gasteiger partial charge is 0.321 e. The molecule has 2 rings (SSSR count). The van der Waals surface area contributed by atoms with Crippen molar-refractivity contribution in [1.29, 1.82) is 0 Å². The van der Waals surface area contributed by atoms with Gasteiger partial charge in [0, 0.05) is 15.1 Å². The van der Waals surface area contributed by atoms with Crippen molar-refractivity contribution in [3.63, 3.8) is 0 Å². The number of carbonyl (C=O) groups is 1. The van der Waals surface area contributed by atoms with E-state index in [1.807, 2.05) is 55.5 Å². The van der Waals surface area contributed by atoms with Crippen molar-refractivity contribution in [2.24, 2.45) is 0 Å². The van der Waals surface area contributed by atoms with Crippen LogP contribution in [0.2, 0.25) is 0 Å². The summed E-state index contributed by atoms with van der Waals surface area (Å²) in [5.74, 6) is 0.693. The molecule has 108 valence electrons. The van der Waals surface area contributed by atoms with Gasteiger partial charge in [-0.1, -0.05) is 30.3 Å². The Labute approximate surface area is 137 Å². The smallest absolute Gasteiger partial charge is 0.256 e. The molecule has 0 heterocycles. The number of anilines is 1. The average Bonchev–Trinajstić information content (AvgIpc) is 2.49. The third kappa shape index (κ3) is 3.99. The molecule has 21 heavy (non-hydrogen) atoms. The topological polar surface area (TPSA) is 29.1 Å². The van der Waals surface area contributed by atoms with Crippen molar-refractivity contribution in [3.05, 3.63) is 70.7 Å². The number of nitrogens with one attached hydrogen (secondary N) is 1. The lowest BCUT2D eigenvalue weighted by Gasteiger charge is -2.11. The van der Waals surface area contributed by atoms with Crippen LogP contribution < -0.4 is 5.32 Å². The summed E-state index contributed by atoms with van der Waals surface area (Å²) >= 11 is 5.12. The predicted molar refractivity (Wildman–Crippen MR) is 94.2 cm³/mol. The number of carbonyl (C=O) groups excluding carboxylic acids is 1. The van der Waals surface area contributed by atoms with Crippen LogP contribution in [0.1, 0.15) is 15.9 Å². The zero-order valence-corrected chi connectivity index (χ0v) is 14.1. The fraction of sp³-hybridized carbons (Fsp3) is 0.118. The molecular formula is C17H16BrNOS. The molecule has 0 spiro atoms. The molecule has 1 amide bonds. The number of halogens is 1. The van der Waals surface area contributed by atoms with Crippen LogP contribution >= 0.6 is 27.7 Å². The maximum atomic E-state index is 12.4. The van der Waals surface area contributed by atoms with Gasteiger partial charge in [0.25, 0.3) is 5.91 Å². The summed E-state index contributed by atoms with van der Waals surface area (Å²) in [4.78, 5) is 13.5. The predicted octanol–water partition coefficient (Wildman–Crippen LogP) is 5.29. The summed E-state index contributed by atoms with van der Waals surface area (Å²) < 4.78 is 0.832. The van der Waals surface area contributed by atoms with Crippen molar-refractivity contribution in [2.45, 2.75) is 11.8 Å². The monoisotopic (exact) mass is 361 g/mol. The van der Waals surface area contributed by atoms with E-state index in [9.17, 15) is 4.79 Å². The van der Waals surface area contributed by atoms with Gasteiger partial charge in [0.2, 0.25) is 0 Å². The van der Waals surface area contributed by atoms with E-state index in [2.05, 4.69) is 27.8 Å². The second-order valence-electron chi connectivity index (χ2n) is 4.49. The average molecular weight is 362 g/mol. The van der Waals surface area contributed by atoms with Crippen LogP contribution in [0.4, 0.5) is 5.69 Å². The number of hydrogen-bond acceptors (Lipinski definition) is 2. The second-order valence-corrected chi connectivity index (χ2v) is 6.34. The number of hydrogen-bond donors (Lipinski definition) is 1. The van der Waals surface area contributed by atoms with Crippen LogP contribution in [-0.4, -0.2) is 11.7 Å². The number of amides is 1. The molecule has 0 unspecified atom stereocenters. The Balaban J connectivity index is 2.23. The Hall–Kier alpha value is -1.52. The fourth-order valence-electron chi connectivity index (χ4n) is 1.86. The summed E-state index contributed by atoms with van der Waals surface area (Å²) in [6.45, 7) is 5.69. The summed E-state index contributed by atoms with van der Waals surface area (Å²) in [5, 5.41) is 2.98. The molecule has 2 aromatic rings. The lowest BCUT2D eigenvalue weighted by molar-refractivity contribution is 0.102. The molecule has 4 heteroatoms. The van der Waals surface area contributed by atoms with Gasteiger partial charge in [-0.2, -0.15) is 0 Å². The molecular weight excluding hydrogens is 346 g/mol. The molecule has 0 fully saturated rings. The van der Waals surface area contributed by atoms with Crippen LogP contribution in [-0.2, 0) is 0 Å². The van der Waals surface area contributed by atoms with Gasteiger partial charge in [-0.05, 0) is 46.6 Å². The molecule has 2 aromatic carbocycles. The molecule has 0 aliphatic carbocycles. The first-order valence-electron chi connectivity index (χ1n) is 6.52. The molecule has 2 nitrogen and oxygen atoms in total. The highest BCUT2D eigenvalue weighted by atomic mass is 79.9. The Morgan fingerprint density at radius 1 is 1.29 bits per heavy atom. The van der Waals surface area contributed by atoms with Crippen molar-refractivity contribution < 1.29 is 4.79 Å². The number of aryl methyl sites for hydroxylation is 1. The summed E-state index contributed by atoms with van der Waals surface area (Å²) in [6, 6.07) is 13.4. The second kappa shape index (κ2) is 7.48. The van der Waals surface area contributed by atoms with Crippen molar-refractivity contribution in [2.75, 3.05) is 11.1 Å². The number of rotatable bonds is 5. The normalized spacial score (nSPS) is 10.2. The standard InChI is InChI=1S/C17H16BrNOS/c1-3-11-21-15-10-5-4-9-14(15)19-17(20)13-8-6-7-12(2)16(13)18/h3-10H,1,11H2,2H3,(H,19,20). The zero-order chi connectivity index (χ0) is 15.2. The first-order chi connectivity index (χ1) is 10.1. The van der Waals surface area contributed by atoms with Crippen LogP contribution in [0.3, 0.4) is 0 Å². The lowest BCUT2D eigenvalue weighted by atomic mass is 10.1. The van der Waals surface area contributed by atoms with Gasteiger partial charge < -0.3 is 5.32 Å². The molecule has 0 aromatic heterocycles. The summed E-state index contributed by atoms with van der Waals surface area (Å²) in [7, 11) is 0. The summed E-state index contributed by atoms with van der Waals surface area (Å²) in [5.41, 5.74) is 2.50. The van der Waals surface area contributed by atoms with E-state index in [4.69, 9.17) is 0 Å². The molecule has 0 atom stereocenters. The minimum Gasteiger partial charge on any atom is -0.321 e. The molecule has 1 N–H and O–H groups in total. The Morgan fingerprint density at radius 2 is 2.05 bits per heavy atom. The van der Waals surface area contributed by atoms with Crippen LogP contribution in [0, 0.1) is 6.92 Å². The van der Waals surface area contributed by atoms with Gasteiger partial charge in [0.15, 0.2) is 0 Å². The summed E-state index contributed by atoms with van der Waals surface area (Å²) in [6.07, 6.45) is 1.85. The van der Waals surface area contributed by atoms with Gasteiger partial charge >= 0.3 is 0 Å². The van der Waals surface area contributed by atoms with E-state index in [0.717, 1.165) is 26.4 Å². The van der Waals surface area contributed by atoms with Gasteiger partial charge in [-0.15, -0.1) is 18.3 Å². The maximum Gasteiger partial charge on any atom is 0.256 e. The van der Waals surface area contributed by atoms with Gasteiger partial charge in [-0.3, -0.25) is 4.79 Å². The lowest BCUT2D eigenvalue weighted by Crippen LogP contribution is -2.13. The number of benzene rings is 2. The fourth-order valence-corrected chi connectivity index (χ4v) is 3.05. The van der Waals surface area contributed by atoms with E-state index < -0.39 is 0 Å². The van der Waals surface area contributed by atoms with E-state index in [1.54, 1.807) is 11.8 Å². The van der Waals surface area contributed by atoms with Crippen molar-refractivity contribution >= 4 is 39.3 Å². The van der Waals surface area contributed by atoms with E-state index in [-0.39, 0.29) is 5.91 Å². The third-order valence-electron chi connectivity index (χ3n) is 2.93. The Kier molecular flexibility index (Phi) is 5.65. The number of para-hydroxylation sites is 1. The van der Waals surface area contributed by atoms with E-state index >= 15 is 0 Å². The molecule has 0 saturated heterocycles. The van der Waals surface area contributed by atoms with E-state index in [0.29, 0.717) is 5.56 Å². The SMILES string of the molecule is C=CCSc1ccccc1NC(=O)c1cccc(C)c1Br. The quantitative estimate of drug-likeness (QED) is 0.579. The van der Waals surface area contributed by atoms with Crippen LogP contribution in [0.25, 0.3) is 0 Å². The highest BCUT2D eigenvalue weighted by molar-refractivity contribution is 9.10. The molecule has 0 radical (unpaired) electrons. The van der Waals surface area contributed by atoms with Gasteiger partial charge in [0.05, 0.1) is 11.3 Å².